The van der Waals surface area contributed by atoms with E-state index in [1.807, 2.05) is 24.3 Å². The van der Waals surface area contributed by atoms with Gasteiger partial charge in [-0.1, -0.05) is 12.1 Å². The summed E-state index contributed by atoms with van der Waals surface area (Å²) in [5, 5.41) is 0. The summed E-state index contributed by atoms with van der Waals surface area (Å²) in [6.07, 6.45) is 1.59. The molecule has 120 valence electrons. The summed E-state index contributed by atoms with van der Waals surface area (Å²) < 4.78 is 11.3. The number of aliphatic imine (C=N–C) groups is 1. The summed E-state index contributed by atoms with van der Waals surface area (Å²) in [6, 6.07) is 14.3. The maximum Gasteiger partial charge on any atom is 0.363 e. The van der Waals surface area contributed by atoms with E-state index >= 15 is 0 Å². The van der Waals surface area contributed by atoms with Crippen LogP contribution in [0.15, 0.2) is 59.2 Å². The summed E-state index contributed by atoms with van der Waals surface area (Å²) in [5.41, 5.74) is 1.62. The van der Waals surface area contributed by atoms with Crippen LogP contribution in [0, 0.1) is 3.57 Å². The number of benzene rings is 2. The van der Waals surface area contributed by atoms with Crippen molar-refractivity contribution in [3.05, 3.63) is 68.9 Å². The lowest BCUT2D eigenvalue weighted by Crippen LogP contribution is -2.05. The molecule has 0 saturated heterocycles. The molecule has 0 aromatic heterocycles. The maximum atomic E-state index is 12.0. The number of hydrogen-bond acceptors (Lipinski definition) is 5. The first kappa shape index (κ1) is 16.4. The van der Waals surface area contributed by atoms with Gasteiger partial charge in [-0.05, 0) is 70.6 Å². The van der Waals surface area contributed by atoms with E-state index in [1.165, 1.54) is 6.92 Å². The molecule has 0 amide bonds. The van der Waals surface area contributed by atoms with Crippen LogP contribution in [0.2, 0.25) is 0 Å². The van der Waals surface area contributed by atoms with Crippen molar-refractivity contribution in [2.45, 2.75) is 6.92 Å². The normalized spacial score (nSPS) is 15.2. The third-order valence-corrected chi connectivity index (χ3v) is 3.85. The molecule has 0 fully saturated rings. The average Bonchev–Trinajstić information content (AvgIpc) is 2.89. The van der Waals surface area contributed by atoms with Gasteiger partial charge in [0.15, 0.2) is 5.70 Å². The number of rotatable bonds is 3. The topological polar surface area (TPSA) is 65.0 Å². The Bertz CT molecular complexity index is 869. The fourth-order valence-corrected chi connectivity index (χ4v) is 2.48. The highest BCUT2D eigenvalue weighted by atomic mass is 127. The number of hydrogen-bond donors (Lipinski definition) is 0. The molecule has 6 heteroatoms. The lowest BCUT2D eigenvalue weighted by molar-refractivity contribution is -0.132. The van der Waals surface area contributed by atoms with Crippen LogP contribution in [-0.2, 0) is 14.3 Å². The van der Waals surface area contributed by atoms with Gasteiger partial charge in [-0.3, -0.25) is 4.79 Å². The van der Waals surface area contributed by atoms with Crippen molar-refractivity contribution in [2.75, 3.05) is 0 Å². The predicted octanol–water partition coefficient (Wildman–Crippen LogP) is 3.56. The fourth-order valence-electron chi connectivity index (χ4n) is 2.12. The minimum absolute atomic E-state index is 0.198. The van der Waals surface area contributed by atoms with E-state index in [9.17, 15) is 9.59 Å². The monoisotopic (exact) mass is 433 g/mol. The first-order valence-electron chi connectivity index (χ1n) is 7.08. The number of esters is 2. The third kappa shape index (κ3) is 3.88. The van der Waals surface area contributed by atoms with Gasteiger partial charge in [-0.15, -0.1) is 0 Å². The largest absolute Gasteiger partial charge is 0.427 e. The third-order valence-electron chi connectivity index (χ3n) is 3.13. The van der Waals surface area contributed by atoms with Crippen LogP contribution < -0.4 is 4.74 Å². The van der Waals surface area contributed by atoms with Crippen LogP contribution in [0.4, 0.5) is 0 Å². The molecule has 2 aromatic rings. The Morgan fingerprint density at radius 3 is 2.67 bits per heavy atom. The van der Waals surface area contributed by atoms with Crippen molar-refractivity contribution in [3.63, 3.8) is 0 Å². The van der Waals surface area contributed by atoms with E-state index < -0.39 is 11.9 Å². The second-order valence-corrected chi connectivity index (χ2v) is 6.25. The number of nitrogens with zero attached hydrogens (tertiary/aromatic N) is 1. The fraction of sp³-hybridized carbons (Fsp3) is 0.0556. The second-order valence-electron chi connectivity index (χ2n) is 5.01. The molecular formula is C18H12INO4. The highest BCUT2D eigenvalue weighted by Crippen LogP contribution is 2.21. The minimum atomic E-state index is -0.513. The molecule has 3 rings (SSSR count). The zero-order chi connectivity index (χ0) is 17.1. The van der Waals surface area contributed by atoms with E-state index in [0.29, 0.717) is 11.3 Å². The van der Waals surface area contributed by atoms with Crippen LogP contribution in [0.3, 0.4) is 0 Å². The molecule has 0 aliphatic carbocycles. The number of carbonyl (C=O) groups is 2. The Morgan fingerprint density at radius 2 is 1.96 bits per heavy atom. The first-order chi connectivity index (χ1) is 11.5. The molecule has 5 nitrogen and oxygen atoms in total. The van der Waals surface area contributed by atoms with Crippen LogP contribution in [0.5, 0.6) is 5.75 Å². The smallest absolute Gasteiger partial charge is 0.363 e. The van der Waals surface area contributed by atoms with Gasteiger partial charge in [-0.2, -0.15) is 0 Å². The van der Waals surface area contributed by atoms with Crippen molar-refractivity contribution >= 4 is 46.5 Å². The van der Waals surface area contributed by atoms with Gasteiger partial charge in [0, 0.05) is 16.1 Å². The summed E-state index contributed by atoms with van der Waals surface area (Å²) in [4.78, 5) is 27.3. The number of halogens is 1. The molecule has 1 heterocycles. The van der Waals surface area contributed by atoms with Crippen molar-refractivity contribution in [3.8, 4) is 5.75 Å². The van der Waals surface area contributed by atoms with Crippen molar-refractivity contribution in [1.29, 1.82) is 0 Å². The number of cyclic esters (lactones) is 1. The van der Waals surface area contributed by atoms with Gasteiger partial charge in [-0.25, -0.2) is 9.79 Å². The number of ether oxygens (including phenoxy) is 2. The van der Waals surface area contributed by atoms with Gasteiger partial charge in [0.1, 0.15) is 5.75 Å². The highest BCUT2D eigenvalue weighted by molar-refractivity contribution is 14.1. The van der Waals surface area contributed by atoms with E-state index in [2.05, 4.69) is 27.6 Å². The number of carbonyl (C=O) groups excluding carboxylic acids is 2. The lowest BCUT2D eigenvalue weighted by atomic mass is 10.2. The van der Waals surface area contributed by atoms with Crippen LogP contribution in [0.25, 0.3) is 6.08 Å². The Morgan fingerprint density at radius 1 is 1.21 bits per heavy atom. The summed E-state index contributed by atoms with van der Waals surface area (Å²) >= 11 is 2.20. The van der Waals surface area contributed by atoms with E-state index in [1.54, 1.807) is 30.3 Å². The predicted molar refractivity (Wildman–Crippen MR) is 97.5 cm³/mol. The maximum absolute atomic E-state index is 12.0. The Hall–Kier alpha value is -2.48. The summed E-state index contributed by atoms with van der Waals surface area (Å²) in [5.74, 6) is -0.232. The molecule has 0 saturated carbocycles. The van der Waals surface area contributed by atoms with E-state index in [0.717, 1.165) is 9.13 Å². The SMILES string of the molecule is CC(=O)Oc1cccc(/C=C2/N=C(c3ccc(I)cc3)OC2=O)c1. The Labute approximate surface area is 152 Å². The molecule has 0 radical (unpaired) electrons. The van der Waals surface area contributed by atoms with Gasteiger partial charge >= 0.3 is 11.9 Å². The molecule has 0 unspecified atom stereocenters. The molecule has 24 heavy (non-hydrogen) atoms. The molecule has 0 bridgehead atoms. The zero-order valence-corrected chi connectivity index (χ0v) is 14.8. The van der Waals surface area contributed by atoms with E-state index in [4.69, 9.17) is 9.47 Å². The summed E-state index contributed by atoms with van der Waals surface area (Å²) in [7, 11) is 0. The standard InChI is InChI=1S/C18H12INO4/c1-11(21)23-15-4-2-3-12(9-15)10-16-18(22)24-17(20-16)13-5-7-14(19)8-6-13/h2-10H,1H3/b16-10+. The minimum Gasteiger partial charge on any atom is -0.427 e. The van der Waals surface area contributed by atoms with Crippen molar-refractivity contribution in [1.82, 2.24) is 0 Å². The molecule has 2 aromatic carbocycles. The van der Waals surface area contributed by atoms with Crippen LogP contribution in [-0.4, -0.2) is 17.8 Å². The Kier molecular flexibility index (Phi) is 4.75. The Balaban J connectivity index is 1.88. The molecule has 1 aliphatic heterocycles. The van der Waals surface area contributed by atoms with Crippen LogP contribution in [0.1, 0.15) is 18.1 Å². The molecular weight excluding hydrogens is 421 g/mol. The zero-order valence-electron chi connectivity index (χ0n) is 12.7. The highest BCUT2D eigenvalue weighted by Gasteiger charge is 2.24. The summed E-state index contributed by atoms with van der Waals surface area (Å²) in [6.45, 7) is 1.33. The average molecular weight is 433 g/mol. The first-order valence-corrected chi connectivity index (χ1v) is 8.16. The molecule has 1 aliphatic rings. The van der Waals surface area contributed by atoms with Gasteiger partial charge in [0.2, 0.25) is 5.90 Å². The van der Waals surface area contributed by atoms with Gasteiger partial charge in [0.25, 0.3) is 0 Å². The molecule has 0 spiro atoms. The quantitative estimate of drug-likeness (QED) is 0.322. The second kappa shape index (κ2) is 6.96. The van der Waals surface area contributed by atoms with Gasteiger partial charge in [0.05, 0.1) is 0 Å². The van der Waals surface area contributed by atoms with Crippen molar-refractivity contribution in [2.24, 2.45) is 4.99 Å². The molecule has 0 atom stereocenters. The van der Waals surface area contributed by atoms with Gasteiger partial charge < -0.3 is 9.47 Å². The van der Waals surface area contributed by atoms with Crippen molar-refractivity contribution < 1.29 is 19.1 Å². The lowest BCUT2D eigenvalue weighted by Gasteiger charge is -2.01. The van der Waals surface area contributed by atoms with Crippen LogP contribution >= 0.6 is 22.6 Å². The van der Waals surface area contributed by atoms with E-state index in [-0.39, 0.29) is 11.6 Å². The molecule has 0 N–H and O–H groups in total.